The van der Waals surface area contributed by atoms with Crippen LogP contribution >= 0.6 is 11.6 Å². The molecule has 0 fully saturated rings. The molecule has 0 heterocycles. The lowest BCUT2D eigenvalue weighted by Crippen LogP contribution is -2.38. The Morgan fingerprint density at radius 1 is 1.67 bits per heavy atom. The van der Waals surface area contributed by atoms with Gasteiger partial charge in [-0.05, 0) is 24.6 Å². The highest BCUT2D eigenvalue weighted by Crippen LogP contribution is 2.12. The second-order valence-electron chi connectivity index (χ2n) is 3.09. The van der Waals surface area contributed by atoms with Gasteiger partial charge in [-0.25, -0.2) is 5.84 Å². The van der Waals surface area contributed by atoms with E-state index >= 15 is 0 Å². The fourth-order valence-corrected chi connectivity index (χ4v) is 1.25. The van der Waals surface area contributed by atoms with Crippen molar-refractivity contribution in [3.63, 3.8) is 0 Å². The number of ether oxygens (including phenoxy) is 1. The molecular weight excluding hydrogens is 216 g/mol. The third kappa shape index (κ3) is 3.87. The van der Waals surface area contributed by atoms with Crippen molar-refractivity contribution in [3.8, 4) is 0 Å². The second-order valence-corrected chi connectivity index (χ2v) is 3.53. The predicted molar refractivity (Wildman–Crippen MR) is 58.0 cm³/mol. The van der Waals surface area contributed by atoms with Gasteiger partial charge in [-0.15, -0.1) is 0 Å². The Morgan fingerprint density at radius 3 is 3.00 bits per heavy atom. The van der Waals surface area contributed by atoms with Gasteiger partial charge in [-0.1, -0.05) is 23.7 Å². The van der Waals surface area contributed by atoms with Crippen molar-refractivity contribution in [2.24, 2.45) is 5.84 Å². The molecule has 82 valence electrons. The smallest absolute Gasteiger partial charge is 0.262 e. The third-order valence-corrected chi connectivity index (χ3v) is 2.14. The summed E-state index contributed by atoms with van der Waals surface area (Å²) in [7, 11) is 0. The molecule has 0 aliphatic rings. The molecule has 4 nitrogen and oxygen atoms in total. The average Bonchev–Trinajstić information content (AvgIpc) is 2.25. The lowest BCUT2D eigenvalue weighted by atomic mass is 10.2. The topological polar surface area (TPSA) is 64.3 Å². The van der Waals surface area contributed by atoms with Crippen LogP contribution in [-0.4, -0.2) is 12.0 Å². The maximum absolute atomic E-state index is 11.0. The van der Waals surface area contributed by atoms with Crippen LogP contribution in [-0.2, 0) is 16.1 Å². The summed E-state index contributed by atoms with van der Waals surface area (Å²) in [6.45, 7) is 1.96. The summed E-state index contributed by atoms with van der Waals surface area (Å²) in [6.07, 6.45) is -0.575. The number of benzene rings is 1. The SMILES string of the molecule is CC(OCc1cccc(Cl)c1)C(=O)NN. The first-order chi connectivity index (χ1) is 7.13. The Morgan fingerprint density at radius 2 is 2.40 bits per heavy atom. The van der Waals surface area contributed by atoms with Crippen LogP contribution in [0.15, 0.2) is 24.3 Å². The summed E-state index contributed by atoms with van der Waals surface area (Å²) >= 11 is 5.80. The van der Waals surface area contributed by atoms with E-state index < -0.39 is 6.10 Å². The third-order valence-electron chi connectivity index (χ3n) is 1.90. The number of carbonyl (C=O) groups is 1. The lowest BCUT2D eigenvalue weighted by molar-refractivity contribution is -0.132. The van der Waals surface area contributed by atoms with Gasteiger partial charge in [-0.3, -0.25) is 10.2 Å². The van der Waals surface area contributed by atoms with Gasteiger partial charge in [0.2, 0.25) is 0 Å². The van der Waals surface area contributed by atoms with Crippen LogP contribution in [0, 0.1) is 0 Å². The number of nitrogens with one attached hydrogen (secondary N) is 1. The van der Waals surface area contributed by atoms with E-state index in [1.807, 2.05) is 17.6 Å². The van der Waals surface area contributed by atoms with Gasteiger partial charge in [0, 0.05) is 5.02 Å². The van der Waals surface area contributed by atoms with Gasteiger partial charge in [-0.2, -0.15) is 0 Å². The van der Waals surface area contributed by atoms with E-state index in [0.717, 1.165) is 5.56 Å². The fraction of sp³-hybridized carbons (Fsp3) is 0.300. The van der Waals surface area contributed by atoms with Crippen LogP contribution in [0.5, 0.6) is 0 Å². The normalized spacial score (nSPS) is 12.2. The van der Waals surface area contributed by atoms with Crippen LogP contribution in [0.1, 0.15) is 12.5 Å². The minimum Gasteiger partial charge on any atom is -0.364 e. The summed E-state index contributed by atoms with van der Waals surface area (Å²) in [5.74, 6) is 4.62. The van der Waals surface area contributed by atoms with E-state index in [9.17, 15) is 4.79 Å². The molecule has 1 aromatic rings. The molecule has 0 saturated carbocycles. The molecule has 0 radical (unpaired) electrons. The maximum Gasteiger partial charge on any atom is 0.262 e. The molecule has 0 aliphatic heterocycles. The van der Waals surface area contributed by atoms with Crippen LogP contribution in [0.3, 0.4) is 0 Å². The molecule has 0 bridgehead atoms. The number of hydrazine groups is 1. The number of hydrogen-bond donors (Lipinski definition) is 2. The van der Waals surface area contributed by atoms with E-state index in [0.29, 0.717) is 11.6 Å². The molecule has 1 rings (SSSR count). The summed E-state index contributed by atoms with van der Waals surface area (Å²) in [5.41, 5.74) is 2.94. The first kappa shape index (κ1) is 12.0. The van der Waals surface area contributed by atoms with Gasteiger partial charge in [0.05, 0.1) is 6.61 Å². The number of nitrogens with two attached hydrogens (primary N) is 1. The molecular formula is C10H13ClN2O2. The Bertz CT molecular complexity index is 344. The summed E-state index contributed by atoms with van der Waals surface area (Å²) in [5, 5.41) is 0.645. The molecule has 1 atom stereocenters. The first-order valence-electron chi connectivity index (χ1n) is 4.50. The molecule has 1 amide bonds. The fourth-order valence-electron chi connectivity index (χ4n) is 1.04. The van der Waals surface area contributed by atoms with E-state index in [1.54, 1.807) is 19.1 Å². The molecule has 0 spiro atoms. The predicted octanol–water partition coefficient (Wildman–Crippen LogP) is 1.23. The highest BCUT2D eigenvalue weighted by molar-refractivity contribution is 6.30. The monoisotopic (exact) mass is 228 g/mol. The van der Waals surface area contributed by atoms with Crippen LogP contribution in [0.2, 0.25) is 5.02 Å². The minimum absolute atomic E-state index is 0.329. The Balaban J connectivity index is 2.47. The zero-order chi connectivity index (χ0) is 11.3. The van der Waals surface area contributed by atoms with Gasteiger partial charge >= 0.3 is 0 Å². The molecule has 0 saturated heterocycles. The molecule has 1 unspecified atom stereocenters. The van der Waals surface area contributed by atoms with Gasteiger partial charge in [0.15, 0.2) is 0 Å². The summed E-state index contributed by atoms with van der Waals surface area (Å²) in [6, 6.07) is 7.27. The molecule has 3 N–H and O–H groups in total. The standard InChI is InChI=1S/C10H13ClN2O2/c1-7(10(14)13-12)15-6-8-3-2-4-9(11)5-8/h2-5,7H,6,12H2,1H3,(H,13,14). The van der Waals surface area contributed by atoms with Crippen molar-refractivity contribution in [2.75, 3.05) is 0 Å². The van der Waals surface area contributed by atoms with Crippen molar-refractivity contribution in [3.05, 3.63) is 34.9 Å². The van der Waals surface area contributed by atoms with Crippen molar-refractivity contribution >= 4 is 17.5 Å². The summed E-state index contributed by atoms with van der Waals surface area (Å²) in [4.78, 5) is 11.0. The number of hydrogen-bond acceptors (Lipinski definition) is 3. The van der Waals surface area contributed by atoms with E-state index in [2.05, 4.69) is 0 Å². The lowest BCUT2D eigenvalue weighted by Gasteiger charge is -2.11. The largest absolute Gasteiger partial charge is 0.364 e. The maximum atomic E-state index is 11.0. The molecule has 15 heavy (non-hydrogen) atoms. The van der Waals surface area contributed by atoms with Crippen LogP contribution < -0.4 is 11.3 Å². The van der Waals surface area contributed by atoms with E-state index in [4.69, 9.17) is 22.2 Å². The zero-order valence-electron chi connectivity index (χ0n) is 8.37. The van der Waals surface area contributed by atoms with Gasteiger partial charge in [0.25, 0.3) is 5.91 Å². The average molecular weight is 229 g/mol. The Kier molecular flexibility index (Phi) is 4.55. The van der Waals surface area contributed by atoms with E-state index in [1.165, 1.54) is 0 Å². The van der Waals surface area contributed by atoms with Crippen LogP contribution in [0.4, 0.5) is 0 Å². The van der Waals surface area contributed by atoms with Crippen LogP contribution in [0.25, 0.3) is 0 Å². The Hall–Kier alpha value is -1.10. The molecule has 0 aromatic heterocycles. The Labute approximate surface area is 93.3 Å². The first-order valence-corrected chi connectivity index (χ1v) is 4.88. The van der Waals surface area contributed by atoms with Crippen molar-refractivity contribution in [1.29, 1.82) is 0 Å². The van der Waals surface area contributed by atoms with E-state index in [-0.39, 0.29) is 5.91 Å². The quantitative estimate of drug-likeness (QED) is 0.463. The van der Waals surface area contributed by atoms with Gasteiger partial charge < -0.3 is 4.74 Å². The molecule has 5 heteroatoms. The molecule has 1 aromatic carbocycles. The number of rotatable bonds is 4. The number of amides is 1. The second kappa shape index (κ2) is 5.70. The molecule has 0 aliphatic carbocycles. The highest BCUT2D eigenvalue weighted by Gasteiger charge is 2.11. The zero-order valence-corrected chi connectivity index (χ0v) is 9.12. The highest BCUT2D eigenvalue weighted by atomic mass is 35.5. The van der Waals surface area contributed by atoms with Gasteiger partial charge in [0.1, 0.15) is 6.10 Å². The minimum atomic E-state index is -0.575. The number of carbonyl (C=O) groups excluding carboxylic acids is 1. The van der Waals surface area contributed by atoms with Crippen molar-refractivity contribution in [1.82, 2.24) is 5.43 Å². The van der Waals surface area contributed by atoms with Crippen molar-refractivity contribution in [2.45, 2.75) is 19.6 Å². The summed E-state index contributed by atoms with van der Waals surface area (Å²) < 4.78 is 5.29. The van der Waals surface area contributed by atoms with Crippen molar-refractivity contribution < 1.29 is 9.53 Å². The number of halogens is 1.